The van der Waals surface area contributed by atoms with Gasteiger partial charge in [-0.2, -0.15) is 0 Å². The predicted octanol–water partition coefficient (Wildman–Crippen LogP) is 5.65. The molecule has 3 aromatic carbocycles. The predicted molar refractivity (Wildman–Crippen MR) is 120 cm³/mol. The Balaban J connectivity index is 1.73. The molecule has 0 saturated carbocycles. The first-order chi connectivity index (χ1) is 14.5. The van der Waals surface area contributed by atoms with Crippen LogP contribution in [0.1, 0.15) is 22.8 Å². The van der Waals surface area contributed by atoms with Crippen LogP contribution in [0.15, 0.2) is 65.1 Å². The van der Waals surface area contributed by atoms with Crippen molar-refractivity contribution in [2.45, 2.75) is 19.3 Å². The van der Waals surface area contributed by atoms with E-state index in [0.717, 1.165) is 15.6 Å². The first-order valence-electron chi connectivity index (χ1n) is 9.35. The second-order valence-corrected chi connectivity index (χ2v) is 7.90. The van der Waals surface area contributed by atoms with E-state index in [1.807, 2.05) is 36.4 Å². The van der Waals surface area contributed by atoms with E-state index in [0.29, 0.717) is 35.2 Å². The van der Waals surface area contributed by atoms with Gasteiger partial charge < -0.3 is 19.9 Å². The summed E-state index contributed by atoms with van der Waals surface area (Å²) in [6, 6.07) is 17.3. The van der Waals surface area contributed by atoms with Crippen LogP contribution in [-0.4, -0.2) is 18.8 Å². The first kappa shape index (κ1) is 22.6. The molecule has 0 heterocycles. The number of halogens is 3. The number of aliphatic hydroxyl groups excluding tert-OH is 1. The summed E-state index contributed by atoms with van der Waals surface area (Å²) in [5.74, 6) is 0.719. The summed E-state index contributed by atoms with van der Waals surface area (Å²) in [6.07, 6.45) is -0.627. The highest BCUT2D eigenvalue weighted by atomic mass is 79.9. The van der Waals surface area contributed by atoms with Crippen LogP contribution in [0.5, 0.6) is 11.5 Å². The van der Waals surface area contributed by atoms with Gasteiger partial charge in [0.15, 0.2) is 11.5 Å². The molecule has 0 radical (unpaired) electrons. The van der Waals surface area contributed by atoms with Crippen molar-refractivity contribution in [3.05, 3.63) is 92.7 Å². The van der Waals surface area contributed by atoms with Crippen molar-refractivity contribution >= 4 is 27.5 Å². The minimum Gasteiger partial charge on any atom is -0.493 e. The van der Waals surface area contributed by atoms with E-state index in [2.05, 4.69) is 21.2 Å². The summed E-state index contributed by atoms with van der Waals surface area (Å²) < 4.78 is 25.6. The molecule has 3 aromatic rings. The van der Waals surface area contributed by atoms with E-state index in [9.17, 15) is 9.50 Å². The quantitative estimate of drug-likeness (QED) is 0.403. The number of hydrogen-bond acceptors (Lipinski definition) is 4. The fourth-order valence-corrected chi connectivity index (χ4v) is 3.66. The molecule has 158 valence electrons. The molecular weight excluding hydrogens is 473 g/mol. The highest BCUT2D eigenvalue weighted by Gasteiger charge is 2.16. The fraction of sp³-hybridized carbons (Fsp3) is 0.217. The van der Waals surface area contributed by atoms with Crippen molar-refractivity contribution in [1.29, 1.82) is 0 Å². The smallest absolute Gasteiger partial charge is 0.167 e. The maximum atomic E-state index is 13.3. The summed E-state index contributed by atoms with van der Waals surface area (Å²) in [5, 5.41) is 13.9. The number of aliphatic hydroxyl groups is 1. The number of methoxy groups -OCH3 is 1. The molecule has 0 spiro atoms. The summed E-state index contributed by atoms with van der Waals surface area (Å²) in [6.45, 7) is 0.969. The van der Waals surface area contributed by atoms with Gasteiger partial charge >= 0.3 is 0 Å². The van der Waals surface area contributed by atoms with Crippen molar-refractivity contribution in [3.63, 3.8) is 0 Å². The summed E-state index contributed by atoms with van der Waals surface area (Å²) in [4.78, 5) is 0. The van der Waals surface area contributed by atoms with E-state index in [4.69, 9.17) is 21.1 Å². The van der Waals surface area contributed by atoms with Crippen LogP contribution in [-0.2, 0) is 13.2 Å². The van der Waals surface area contributed by atoms with E-state index < -0.39 is 11.9 Å². The Labute approximate surface area is 188 Å². The molecule has 1 unspecified atom stereocenters. The molecule has 7 heteroatoms. The second kappa shape index (κ2) is 10.8. The summed E-state index contributed by atoms with van der Waals surface area (Å²) in [7, 11) is 1.57. The van der Waals surface area contributed by atoms with E-state index in [1.54, 1.807) is 19.2 Å². The maximum absolute atomic E-state index is 13.3. The zero-order valence-corrected chi connectivity index (χ0v) is 18.7. The lowest BCUT2D eigenvalue weighted by Gasteiger charge is -2.18. The van der Waals surface area contributed by atoms with Crippen molar-refractivity contribution in [2.24, 2.45) is 0 Å². The van der Waals surface area contributed by atoms with E-state index >= 15 is 0 Å². The lowest BCUT2D eigenvalue weighted by molar-refractivity contribution is 0.174. The van der Waals surface area contributed by atoms with Gasteiger partial charge in [-0.15, -0.1) is 0 Å². The average Bonchev–Trinajstić information content (AvgIpc) is 2.75. The largest absolute Gasteiger partial charge is 0.493 e. The van der Waals surface area contributed by atoms with Crippen molar-refractivity contribution < 1.29 is 19.0 Å². The van der Waals surface area contributed by atoms with Gasteiger partial charge in [0.2, 0.25) is 0 Å². The molecule has 0 aliphatic heterocycles. The minimum absolute atomic E-state index is 0.158. The SMILES string of the molecule is COc1ccc(Br)c(CNCC(O)c2ccccc2)c1OCc1ccc(F)cc1Cl. The van der Waals surface area contributed by atoms with Gasteiger partial charge in [-0.25, -0.2) is 4.39 Å². The fourth-order valence-electron chi connectivity index (χ4n) is 2.98. The lowest BCUT2D eigenvalue weighted by Crippen LogP contribution is -2.21. The van der Waals surface area contributed by atoms with Gasteiger partial charge in [0.25, 0.3) is 0 Å². The zero-order chi connectivity index (χ0) is 21.5. The molecule has 4 nitrogen and oxygen atoms in total. The molecule has 0 amide bonds. The summed E-state index contributed by atoms with van der Waals surface area (Å²) >= 11 is 9.68. The van der Waals surface area contributed by atoms with Crippen LogP contribution in [0.4, 0.5) is 4.39 Å². The highest BCUT2D eigenvalue weighted by molar-refractivity contribution is 9.10. The summed E-state index contributed by atoms with van der Waals surface area (Å²) in [5.41, 5.74) is 2.35. The lowest BCUT2D eigenvalue weighted by atomic mass is 10.1. The minimum atomic E-state index is -0.627. The molecule has 0 aliphatic rings. The number of ether oxygens (including phenoxy) is 2. The van der Waals surface area contributed by atoms with Crippen LogP contribution in [0.3, 0.4) is 0 Å². The number of benzene rings is 3. The normalized spacial score (nSPS) is 11.9. The molecule has 3 rings (SSSR count). The zero-order valence-electron chi connectivity index (χ0n) is 16.4. The molecule has 0 fully saturated rings. The van der Waals surface area contributed by atoms with Crippen LogP contribution < -0.4 is 14.8 Å². The molecule has 2 N–H and O–H groups in total. The van der Waals surface area contributed by atoms with Gasteiger partial charge in [-0.05, 0) is 29.8 Å². The van der Waals surface area contributed by atoms with Crippen LogP contribution in [0.25, 0.3) is 0 Å². The Morgan fingerprint density at radius 1 is 1.13 bits per heavy atom. The molecule has 30 heavy (non-hydrogen) atoms. The van der Waals surface area contributed by atoms with Crippen LogP contribution >= 0.6 is 27.5 Å². The Hall–Kier alpha value is -2.12. The van der Waals surface area contributed by atoms with Gasteiger partial charge in [0.05, 0.1) is 18.2 Å². The standard InChI is InChI=1S/C23H22BrClFNO3/c1-29-22-10-9-19(24)18(12-27-13-21(28)15-5-3-2-4-6-15)23(22)30-14-16-7-8-17(26)11-20(16)25/h2-11,21,27-28H,12-14H2,1H3. The Kier molecular flexibility index (Phi) is 8.10. The van der Waals surface area contributed by atoms with Crippen molar-refractivity contribution in [1.82, 2.24) is 5.32 Å². The van der Waals surface area contributed by atoms with E-state index in [1.165, 1.54) is 12.1 Å². The monoisotopic (exact) mass is 493 g/mol. The van der Waals surface area contributed by atoms with Gasteiger partial charge in [0, 0.05) is 28.7 Å². The van der Waals surface area contributed by atoms with Gasteiger partial charge in [-0.3, -0.25) is 0 Å². The molecule has 0 aromatic heterocycles. The van der Waals surface area contributed by atoms with E-state index in [-0.39, 0.29) is 6.61 Å². The second-order valence-electron chi connectivity index (χ2n) is 6.64. The first-order valence-corrected chi connectivity index (χ1v) is 10.5. The van der Waals surface area contributed by atoms with Crippen molar-refractivity contribution in [2.75, 3.05) is 13.7 Å². The molecular formula is C23H22BrClFNO3. The Morgan fingerprint density at radius 3 is 2.60 bits per heavy atom. The highest BCUT2D eigenvalue weighted by Crippen LogP contribution is 2.37. The average molecular weight is 495 g/mol. The topological polar surface area (TPSA) is 50.7 Å². The van der Waals surface area contributed by atoms with Crippen LogP contribution in [0.2, 0.25) is 5.02 Å². The maximum Gasteiger partial charge on any atom is 0.167 e. The number of nitrogens with one attached hydrogen (secondary N) is 1. The number of rotatable bonds is 9. The molecule has 0 aliphatic carbocycles. The van der Waals surface area contributed by atoms with Gasteiger partial charge in [-0.1, -0.05) is 63.9 Å². The Bertz CT molecular complexity index is 988. The third-order valence-corrected chi connectivity index (χ3v) is 5.69. The Morgan fingerprint density at radius 2 is 1.90 bits per heavy atom. The number of hydrogen-bond donors (Lipinski definition) is 2. The van der Waals surface area contributed by atoms with Crippen molar-refractivity contribution in [3.8, 4) is 11.5 Å². The third kappa shape index (κ3) is 5.73. The molecule has 1 atom stereocenters. The molecule has 0 bridgehead atoms. The van der Waals surface area contributed by atoms with Gasteiger partial charge in [0.1, 0.15) is 12.4 Å². The van der Waals surface area contributed by atoms with Crippen LogP contribution in [0, 0.1) is 5.82 Å². The molecule has 0 saturated heterocycles. The third-order valence-electron chi connectivity index (χ3n) is 4.60.